The number of hydrogen-bond acceptors (Lipinski definition) is 4. The predicted octanol–water partition coefficient (Wildman–Crippen LogP) is 4.76. The lowest BCUT2D eigenvalue weighted by molar-refractivity contribution is -0.0584. The van der Waals surface area contributed by atoms with Crippen LogP contribution in [0.25, 0.3) is 0 Å². The average molecular weight is 392 g/mol. The summed E-state index contributed by atoms with van der Waals surface area (Å²) in [6.07, 6.45) is 0.149. The molecule has 1 saturated carbocycles. The second-order valence-corrected chi connectivity index (χ2v) is 6.30. The summed E-state index contributed by atoms with van der Waals surface area (Å²) in [5.74, 6) is -1.37. The first-order valence-electron chi connectivity index (χ1n) is 8.39. The Balaban J connectivity index is 1.74. The maximum Gasteiger partial charge on any atom is 0.432 e. The van der Waals surface area contributed by atoms with Crippen molar-refractivity contribution < 1.29 is 22.4 Å². The molecule has 1 aromatic heterocycles. The fourth-order valence-corrected chi connectivity index (χ4v) is 2.44. The van der Waals surface area contributed by atoms with Gasteiger partial charge in [0.2, 0.25) is 0 Å². The molecule has 9 heteroatoms. The monoisotopic (exact) mass is 392 g/mol. The Hall–Kier alpha value is -3.23. The molecule has 146 valence electrons. The number of nitrogens with zero attached hydrogens (tertiary/aromatic N) is 1. The lowest BCUT2D eigenvalue weighted by atomic mass is 10.2. The number of benzene rings is 1. The zero-order chi connectivity index (χ0) is 20.3. The first-order valence-corrected chi connectivity index (χ1v) is 8.39. The number of allylic oxidation sites excluding steroid dienone is 2. The van der Waals surface area contributed by atoms with Crippen LogP contribution in [0.5, 0.6) is 0 Å². The summed E-state index contributed by atoms with van der Waals surface area (Å²) >= 11 is 0. The third-order valence-electron chi connectivity index (χ3n) is 4.05. The third-order valence-corrected chi connectivity index (χ3v) is 4.05. The Bertz CT molecular complexity index is 921. The summed E-state index contributed by atoms with van der Waals surface area (Å²) in [6.45, 7) is 0. The van der Waals surface area contributed by atoms with Crippen molar-refractivity contribution in [3.63, 3.8) is 0 Å². The number of pyridine rings is 1. The molecule has 5 nitrogen and oxygen atoms in total. The molecule has 1 aromatic carbocycles. The highest BCUT2D eigenvalue weighted by molar-refractivity contribution is 6.04. The van der Waals surface area contributed by atoms with Crippen LogP contribution in [0.2, 0.25) is 0 Å². The third kappa shape index (κ3) is 4.93. The number of alkyl halides is 3. The number of carbonyl (C=O) groups excluding carboxylic acids is 1. The van der Waals surface area contributed by atoms with Crippen LogP contribution < -0.4 is 10.6 Å². The molecular weight excluding hydrogens is 376 g/mol. The minimum atomic E-state index is -4.76. The van der Waals surface area contributed by atoms with Gasteiger partial charge in [-0.2, -0.15) is 13.2 Å². The molecule has 0 bridgehead atoms. The van der Waals surface area contributed by atoms with Crippen molar-refractivity contribution in [2.45, 2.75) is 19.0 Å². The highest BCUT2D eigenvalue weighted by Crippen LogP contribution is 2.38. The van der Waals surface area contributed by atoms with E-state index in [4.69, 9.17) is 5.41 Å². The van der Waals surface area contributed by atoms with Gasteiger partial charge in [-0.05, 0) is 55.2 Å². The van der Waals surface area contributed by atoms with Gasteiger partial charge in [-0.1, -0.05) is 0 Å². The van der Waals surface area contributed by atoms with Gasteiger partial charge in [-0.3, -0.25) is 15.2 Å². The van der Waals surface area contributed by atoms with Crippen molar-refractivity contribution in [2.75, 3.05) is 10.6 Å². The smallest absolute Gasteiger partial charge is 0.356 e. The standard InChI is InChI=1S/C19H16F4N4O/c20-14-8-13(26-18(28)12-2-1-7-25-10-12)5-6-15(14)27-16(11-3-4-11)9-17(24)19(21,22)23/h1-2,5-11,24,27H,3-4H2,(H,26,28)/b16-9-,24-17?. The Kier molecular flexibility index (Phi) is 5.43. The minimum Gasteiger partial charge on any atom is -0.356 e. The molecule has 1 fully saturated rings. The molecule has 28 heavy (non-hydrogen) atoms. The molecule has 0 aliphatic heterocycles. The molecule has 1 aliphatic rings. The molecule has 1 amide bonds. The largest absolute Gasteiger partial charge is 0.432 e. The summed E-state index contributed by atoms with van der Waals surface area (Å²) in [5.41, 5.74) is -0.893. The zero-order valence-corrected chi connectivity index (χ0v) is 14.5. The summed E-state index contributed by atoms with van der Waals surface area (Å²) in [6, 6.07) is 6.96. The van der Waals surface area contributed by atoms with E-state index >= 15 is 0 Å². The zero-order valence-electron chi connectivity index (χ0n) is 14.5. The molecule has 3 rings (SSSR count). The number of halogens is 4. The van der Waals surface area contributed by atoms with Crippen molar-refractivity contribution in [2.24, 2.45) is 5.92 Å². The van der Waals surface area contributed by atoms with Crippen LogP contribution in [-0.4, -0.2) is 22.8 Å². The van der Waals surface area contributed by atoms with E-state index in [0.29, 0.717) is 24.5 Å². The molecule has 2 aromatic rings. The van der Waals surface area contributed by atoms with Gasteiger partial charge in [-0.25, -0.2) is 4.39 Å². The van der Waals surface area contributed by atoms with E-state index in [0.717, 1.165) is 6.07 Å². The lowest BCUT2D eigenvalue weighted by Gasteiger charge is -2.14. The highest BCUT2D eigenvalue weighted by atomic mass is 19.4. The first kappa shape index (κ1) is 19.5. The Labute approximate surface area is 158 Å². The molecule has 0 saturated heterocycles. The van der Waals surface area contributed by atoms with E-state index < -0.39 is 23.6 Å². The van der Waals surface area contributed by atoms with E-state index in [1.165, 1.54) is 24.5 Å². The van der Waals surface area contributed by atoms with Crippen molar-refractivity contribution >= 4 is 23.0 Å². The average Bonchev–Trinajstić information content (AvgIpc) is 3.48. The summed E-state index contributed by atoms with van der Waals surface area (Å²) in [4.78, 5) is 15.9. The number of amides is 1. The van der Waals surface area contributed by atoms with E-state index in [-0.39, 0.29) is 23.0 Å². The van der Waals surface area contributed by atoms with Gasteiger partial charge in [-0.15, -0.1) is 0 Å². The molecule has 0 unspecified atom stereocenters. The lowest BCUT2D eigenvalue weighted by Crippen LogP contribution is -2.21. The molecular formula is C19H16F4N4O. The van der Waals surface area contributed by atoms with Crippen LogP contribution in [0.4, 0.5) is 28.9 Å². The molecule has 0 atom stereocenters. The molecule has 1 aliphatic carbocycles. The maximum absolute atomic E-state index is 14.4. The van der Waals surface area contributed by atoms with Crippen molar-refractivity contribution in [1.29, 1.82) is 5.41 Å². The number of aromatic nitrogens is 1. The number of carbonyl (C=O) groups is 1. The number of rotatable bonds is 6. The van der Waals surface area contributed by atoms with Gasteiger partial charge in [0, 0.05) is 23.8 Å². The minimum absolute atomic E-state index is 0.0347. The second kappa shape index (κ2) is 7.79. The van der Waals surface area contributed by atoms with Gasteiger partial charge >= 0.3 is 6.18 Å². The molecule has 0 spiro atoms. The SMILES string of the molecule is N=C(/C=C(\Nc1ccc(NC(=O)c2cccnc2)cc1F)C1CC1)C(F)(F)F. The Morgan fingerprint density at radius 3 is 2.54 bits per heavy atom. The van der Waals surface area contributed by atoms with Gasteiger partial charge in [0.05, 0.1) is 11.3 Å². The van der Waals surface area contributed by atoms with Crippen molar-refractivity contribution in [3.8, 4) is 0 Å². The molecule has 3 N–H and O–H groups in total. The van der Waals surface area contributed by atoms with Crippen LogP contribution in [0.15, 0.2) is 54.5 Å². The van der Waals surface area contributed by atoms with Crippen molar-refractivity contribution in [1.82, 2.24) is 4.98 Å². The van der Waals surface area contributed by atoms with Gasteiger partial charge in [0.1, 0.15) is 11.5 Å². The van der Waals surface area contributed by atoms with E-state index in [2.05, 4.69) is 15.6 Å². The fourth-order valence-electron chi connectivity index (χ4n) is 2.44. The van der Waals surface area contributed by atoms with Crippen molar-refractivity contribution in [3.05, 3.63) is 65.9 Å². The fraction of sp³-hybridized carbons (Fsp3) is 0.211. The van der Waals surface area contributed by atoms with Crippen LogP contribution in [0, 0.1) is 17.1 Å². The highest BCUT2D eigenvalue weighted by Gasteiger charge is 2.35. The van der Waals surface area contributed by atoms with Gasteiger partial charge < -0.3 is 10.6 Å². The second-order valence-electron chi connectivity index (χ2n) is 6.30. The maximum atomic E-state index is 14.4. The topological polar surface area (TPSA) is 77.9 Å². The summed E-state index contributed by atoms with van der Waals surface area (Å²) in [7, 11) is 0. The van der Waals surface area contributed by atoms with E-state index in [1.54, 1.807) is 12.1 Å². The quantitative estimate of drug-likeness (QED) is 0.490. The van der Waals surface area contributed by atoms with Crippen LogP contribution in [0.3, 0.4) is 0 Å². The first-order chi connectivity index (χ1) is 13.2. The summed E-state index contributed by atoms with van der Waals surface area (Å²) < 4.78 is 52.2. The normalized spacial score (nSPS) is 14.5. The predicted molar refractivity (Wildman–Crippen MR) is 96.8 cm³/mol. The van der Waals surface area contributed by atoms with Crippen LogP contribution in [0.1, 0.15) is 23.2 Å². The molecule has 1 heterocycles. The summed E-state index contributed by atoms with van der Waals surface area (Å²) in [5, 5.41) is 12.3. The number of hydrogen-bond donors (Lipinski definition) is 3. The Morgan fingerprint density at radius 2 is 1.96 bits per heavy atom. The van der Waals surface area contributed by atoms with Gasteiger partial charge in [0.25, 0.3) is 5.91 Å². The molecule has 0 radical (unpaired) electrons. The van der Waals surface area contributed by atoms with E-state index in [9.17, 15) is 22.4 Å². The van der Waals surface area contributed by atoms with Gasteiger partial charge in [0.15, 0.2) is 0 Å². The number of nitrogens with one attached hydrogen (secondary N) is 3. The van der Waals surface area contributed by atoms with E-state index in [1.807, 2.05) is 0 Å². The number of anilines is 2. The Morgan fingerprint density at radius 1 is 1.21 bits per heavy atom. The van der Waals surface area contributed by atoms with Crippen LogP contribution >= 0.6 is 0 Å². The van der Waals surface area contributed by atoms with Crippen LogP contribution in [-0.2, 0) is 0 Å².